The molecule has 2 saturated heterocycles. The molecule has 0 N–H and O–H groups in total. The molecule has 2 aliphatic heterocycles. The maximum Gasteiger partial charge on any atom is 0.416 e. The van der Waals surface area contributed by atoms with E-state index in [1.165, 1.54) is 11.0 Å². The molecule has 0 saturated carbocycles. The van der Waals surface area contributed by atoms with Crippen LogP contribution in [0.1, 0.15) is 31.2 Å². The molecule has 2 fully saturated rings. The van der Waals surface area contributed by atoms with Gasteiger partial charge in [0.1, 0.15) is 0 Å². The summed E-state index contributed by atoms with van der Waals surface area (Å²) in [4.78, 5) is 26.9. The maximum atomic E-state index is 13.1. The predicted octanol–water partition coefficient (Wildman–Crippen LogP) is 3.81. The molecule has 4 nitrogen and oxygen atoms in total. The Labute approximate surface area is 148 Å². The van der Waals surface area contributed by atoms with E-state index in [1.807, 2.05) is 4.90 Å². The van der Waals surface area contributed by atoms with Gasteiger partial charge in [0.15, 0.2) is 0 Å². The van der Waals surface area contributed by atoms with E-state index < -0.39 is 22.9 Å². The average molecular weight is 375 g/mol. The van der Waals surface area contributed by atoms with Gasteiger partial charge in [-0.15, -0.1) is 0 Å². The number of hydrogen-bond donors (Lipinski definition) is 0. The minimum atomic E-state index is -4.50. The van der Waals surface area contributed by atoms with Gasteiger partial charge in [-0.05, 0) is 49.1 Å². The lowest BCUT2D eigenvalue weighted by Crippen LogP contribution is -2.33. The summed E-state index contributed by atoms with van der Waals surface area (Å²) in [6.07, 6.45) is -1.58. The number of alkyl halides is 3. The van der Waals surface area contributed by atoms with Crippen molar-refractivity contribution >= 4 is 34.1 Å². The zero-order chi connectivity index (χ0) is 18.2. The van der Waals surface area contributed by atoms with E-state index >= 15 is 0 Å². The molecule has 0 spiro atoms. The normalized spacial score (nSPS) is 21.8. The zero-order valence-electron chi connectivity index (χ0n) is 13.5. The van der Waals surface area contributed by atoms with Crippen LogP contribution in [0.5, 0.6) is 0 Å². The Morgan fingerprint density at radius 1 is 1.12 bits per heavy atom. The van der Waals surface area contributed by atoms with E-state index in [1.54, 1.807) is 0 Å². The number of piperidine rings is 1. The van der Waals surface area contributed by atoms with Crippen LogP contribution >= 0.6 is 11.6 Å². The highest BCUT2D eigenvalue weighted by Gasteiger charge is 2.38. The van der Waals surface area contributed by atoms with Crippen LogP contribution in [0.15, 0.2) is 18.2 Å². The molecule has 2 aliphatic rings. The number of carbonyl (C=O) groups excluding carboxylic acids is 2. The highest BCUT2D eigenvalue weighted by atomic mass is 35.5. The van der Waals surface area contributed by atoms with Gasteiger partial charge in [0.2, 0.25) is 11.1 Å². The summed E-state index contributed by atoms with van der Waals surface area (Å²) in [5, 5.41) is -0.637. The smallest absolute Gasteiger partial charge is 0.370 e. The maximum absolute atomic E-state index is 13.1. The topological polar surface area (TPSA) is 40.6 Å². The molecule has 0 unspecified atom stereocenters. The average Bonchev–Trinajstić information content (AvgIpc) is 2.96. The van der Waals surface area contributed by atoms with Crippen LogP contribution in [0.3, 0.4) is 0 Å². The first-order valence-electron chi connectivity index (χ1n) is 8.23. The van der Waals surface area contributed by atoms with Crippen LogP contribution in [0.25, 0.3) is 0 Å². The molecular weight excluding hydrogens is 357 g/mol. The Bertz CT molecular complexity index is 687. The zero-order valence-corrected chi connectivity index (χ0v) is 14.2. The second-order valence-electron chi connectivity index (χ2n) is 6.46. The molecule has 0 aliphatic carbocycles. The van der Waals surface area contributed by atoms with Gasteiger partial charge in [-0.3, -0.25) is 9.59 Å². The lowest BCUT2D eigenvalue weighted by atomic mass is 10.1. The second-order valence-corrected chi connectivity index (χ2v) is 6.83. The highest BCUT2D eigenvalue weighted by Crippen LogP contribution is 2.40. The van der Waals surface area contributed by atoms with E-state index in [0.717, 1.165) is 44.5 Å². The van der Waals surface area contributed by atoms with Crippen LogP contribution in [0.4, 0.5) is 24.5 Å². The van der Waals surface area contributed by atoms with E-state index in [9.17, 15) is 22.8 Å². The molecule has 0 radical (unpaired) electrons. The third-order valence-corrected chi connectivity index (χ3v) is 5.04. The minimum absolute atomic E-state index is 0.0172. The van der Waals surface area contributed by atoms with Crippen molar-refractivity contribution in [3.05, 3.63) is 23.8 Å². The number of rotatable bonds is 3. The monoisotopic (exact) mass is 374 g/mol. The fraction of sp³-hybridized carbons (Fsp3) is 0.529. The van der Waals surface area contributed by atoms with Crippen molar-refractivity contribution < 1.29 is 22.8 Å². The number of nitrogens with zero attached hydrogens (tertiary/aromatic N) is 2. The summed E-state index contributed by atoms with van der Waals surface area (Å²) in [5.74, 6) is -1.06. The Hall–Kier alpha value is -1.76. The van der Waals surface area contributed by atoms with E-state index in [0.29, 0.717) is 5.69 Å². The highest BCUT2D eigenvalue weighted by molar-refractivity contribution is 6.64. The summed E-state index contributed by atoms with van der Waals surface area (Å²) in [6.45, 7) is 1.49. The van der Waals surface area contributed by atoms with Gasteiger partial charge in [0.05, 0.1) is 22.9 Å². The molecule has 136 valence electrons. The van der Waals surface area contributed by atoms with Crippen molar-refractivity contribution in [1.29, 1.82) is 0 Å². The van der Waals surface area contributed by atoms with Gasteiger partial charge in [-0.1, -0.05) is 0 Å². The van der Waals surface area contributed by atoms with Gasteiger partial charge in [0, 0.05) is 26.1 Å². The molecule has 1 atom stereocenters. The molecule has 1 amide bonds. The van der Waals surface area contributed by atoms with Crippen LogP contribution in [0.2, 0.25) is 0 Å². The molecule has 0 bridgehead atoms. The summed E-state index contributed by atoms with van der Waals surface area (Å²) < 4.78 is 39.4. The van der Waals surface area contributed by atoms with Crippen LogP contribution in [-0.4, -0.2) is 30.8 Å². The number of carbonyl (C=O) groups is 2. The van der Waals surface area contributed by atoms with Crippen LogP contribution < -0.4 is 9.80 Å². The molecule has 1 aromatic rings. The van der Waals surface area contributed by atoms with Crippen molar-refractivity contribution in [2.75, 3.05) is 29.4 Å². The van der Waals surface area contributed by atoms with Crippen molar-refractivity contribution in [2.24, 2.45) is 5.92 Å². The van der Waals surface area contributed by atoms with Crippen molar-refractivity contribution in [1.82, 2.24) is 0 Å². The lowest BCUT2D eigenvalue weighted by Gasteiger charge is -2.33. The third-order valence-electron chi connectivity index (χ3n) is 4.74. The van der Waals surface area contributed by atoms with Crippen molar-refractivity contribution in [2.45, 2.75) is 31.9 Å². The van der Waals surface area contributed by atoms with E-state index in [2.05, 4.69) is 0 Å². The molecular formula is C17H18ClF3N2O2. The van der Waals surface area contributed by atoms with Gasteiger partial charge < -0.3 is 9.80 Å². The van der Waals surface area contributed by atoms with Crippen molar-refractivity contribution in [3.8, 4) is 0 Å². The molecule has 8 heteroatoms. The summed E-state index contributed by atoms with van der Waals surface area (Å²) in [7, 11) is 0. The molecule has 25 heavy (non-hydrogen) atoms. The summed E-state index contributed by atoms with van der Waals surface area (Å²) in [5.41, 5.74) is 0.00238. The lowest BCUT2D eigenvalue weighted by molar-refractivity contribution is -0.137. The first kappa shape index (κ1) is 18.0. The van der Waals surface area contributed by atoms with Crippen LogP contribution in [0, 0.1) is 5.92 Å². The Balaban J connectivity index is 2.01. The van der Waals surface area contributed by atoms with Gasteiger partial charge in [-0.2, -0.15) is 13.2 Å². The molecule has 1 aromatic carbocycles. The van der Waals surface area contributed by atoms with E-state index in [-0.39, 0.29) is 24.6 Å². The number of hydrogen-bond acceptors (Lipinski definition) is 3. The number of amides is 1. The summed E-state index contributed by atoms with van der Waals surface area (Å²) >= 11 is 5.49. The fourth-order valence-corrected chi connectivity index (χ4v) is 3.56. The Kier molecular flexibility index (Phi) is 4.95. The first-order valence-corrected chi connectivity index (χ1v) is 8.61. The largest absolute Gasteiger partial charge is 0.416 e. The third kappa shape index (κ3) is 3.76. The predicted molar refractivity (Wildman–Crippen MR) is 88.8 cm³/mol. The summed E-state index contributed by atoms with van der Waals surface area (Å²) in [6, 6.07) is 3.47. The second kappa shape index (κ2) is 6.86. The van der Waals surface area contributed by atoms with Crippen LogP contribution in [-0.2, 0) is 15.8 Å². The minimum Gasteiger partial charge on any atom is -0.370 e. The standard InChI is InChI=1S/C17H18ClF3N2O2/c18-16(25)11-8-15(24)23(10-11)14-9-12(17(19,20)21)4-5-13(14)22-6-2-1-3-7-22/h4-5,9,11H,1-3,6-8,10H2/t11-/m0/s1. The quantitative estimate of drug-likeness (QED) is 0.755. The van der Waals surface area contributed by atoms with Gasteiger partial charge in [-0.25, -0.2) is 0 Å². The number of anilines is 2. The van der Waals surface area contributed by atoms with E-state index in [4.69, 9.17) is 11.6 Å². The Morgan fingerprint density at radius 3 is 2.36 bits per heavy atom. The first-order chi connectivity index (χ1) is 11.8. The van der Waals surface area contributed by atoms with Gasteiger partial charge >= 0.3 is 6.18 Å². The molecule has 2 heterocycles. The number of halogens is 4. The van der Waals surface area contributed by atoms with Gasteiger partial charge in [0.25, 0.3) is 0 Å². The molecule has 0 aromatic heterocycles. The molecule has 3 rings (SSSR count). The fourth-order valence-electron chi connectivity index (χ4n) is 3.41. The number of benzene rings is 1. The van der Waals surface area contributed by atoms with Crippen molar-refractivity contribution in [3.63, 3.8) is 0 Å². The SMILES string of the molecule is O=C(Cl)[C@H]1CC(=O)N(c2cc(C(F)(F)F)ccc2N2CCCCC2)C1. The Morgan fingerprint density at radius 2 is 1.80 bits per heavy atom.